The molecule has 1 heterocycles. The second kappa shape index (κ2) is 2.59. The third kappa shape index (κ3) is 1.30. The fraction of sp³-hybridized carbons (Fsp3) is 0.625. The molecule has 0 bridgehead atoms. The van der Waals surface area contributed by atoms with Crippen LogP contribution in [0.2, 0.25) is 0 Å². The molecule has 0 aromatic carbocycles. The van der Waals surface area contributed by atoms with Gasteiger partial charge in [0.05, 0.1) is 0 Å². The summed E-state index contributed by atoms with van der Waals surface area (Å²) in [6.45, 7) is 0.831. The molecule has 1 aliphatic rings. The Morgan fingerprint density at radius 1 is 1.58 bits per heavy atom. The van der Waals surface area contributed by atoms with E-state index in [4.69, 9.17) is 6.42 Å². The molecular weight excluding hydrogens is 152 g/mol. The van der Waals surface area contributed by atoms with E-state index in [9.17, 15) is 0 Å². The van der Waals surface area contributed by atoms with Crippen LogP contribution in [0.1, 0.15) is 19.3 Å². The first-order valence-corrected chi connectivity index (χ1v) is 4.03. The molecule has 62 valence electrons. The van der Waals surface area contributed by atoms with Gasteiger partial charge in [0.2, 0.25) is 0 Å². The monoisotopic (exact) mass is 162 g/mol. The maximum absolute atomic E-state index is 5.40. The van der Waals surface area contributed by atoms with Crippen LogP contribution in [0.15, 0.2) is 6.33 Å². The van der Waals surface area contributed by atoms with Crippen molar-refractivity contribution in [2.75, 3.05) is 0 Å². The van der Waals surface area contributed by atoms with Crippen molar-refractivity contribution in [3.8, 4) is 12.3 Å². The van der Waals surface area contributed by atoms with Crippen molar-refractivity contribution in [2.24, 2.45) is 5.41 Å². The van der Waals surface area contributed by atoms with Gasteiger partial charge < -0.3 is 0 Å². The van der Waals surface area contributed by atoms with Crippen molar-refractivity contribution < 1.29 is 0 Å². The van der Waals surface area contributed by atoms with E-state index in [-0.39, 0.29) is 5.41 Å². The zero-order valence-electron chi connectivity index (χ0n) is 6.77. The van der Waals surface area contributed by atoms with Crippen LogP contribution < -0.4 is 0 Å². The first-order valence-electron chi connectivity index (χ1n) is 4.03. The summed E-state index contributed by atoms with van der Waals surface area (Å²) in [6.07, 6.45) is 10.3. The van der Waals surface area contributed by atoms with Crippen molar-refractivity contribution in [1.82, 2.24) is 20.2 Å². The van der Waals surface area contributed by atoms with Gasteiger partial charge in [0, 0.05) is 12.0 Å². The fourth-order valence-corrected chi connectivity index (χ4v) is 1.23. The summed E-state index contributed by atoms with van der Waals surface area (Å²) in [7, 11) is 0. The maximum Gasteiger partial charge on any atom is 0.138 e. The molecule has 12 heavy (non-hydrogen) atoms. The summed E-state index contributed by atoms with van der Waals surface area (Å²) in [5.74, 6) is 2.83. The lowest BCUT2D eigenvalue weighted by molar-refractivity contribution is 0.483. The summed E-state index contributed by atoms with van der Waals surface area (Å²) < 4.78 is 1.72. The molecule has 0 N–H and O–H groups in total. The molecule has 4 heteroatoms. The Bertz CT molecular complexity index is 291. The lowest BCUT2D eigenvalue weighted by Gasteiger charge is -2.04. The average Bonchev–Trinajstić information content (AvgIpc) is 2.70. The second-order valence-electron chi connectivity index (χ2n) is 3.25. The average molecular weight is 162 g/mol. The summed E-state index contributed by atoms with van der Waals surface area (Å²) in [6, 6.07) is 0. The van der Waals surface area contributed by atoms with Crippen LogP contribution in [-0.2, 0) is 6.54 Å². The highest BCUT2D eigenvalue weighted by Crippen LogP contribution is 2.48. The third-order valence-corrected chi connectivity index (χ3v) is 2.37. The fourth-order valence-electron chi connectivity index (χ4n) is 1.23. The number of hydrogen-bond acceptors (Lipinski definition) is 3. The highest BCUT2D eigenvalue weighted by atomic mass is 15.5. The largest absolute Gasteiger partial charge is 0.232 e. The Balaban J connectivity index is 1.88. The van der Waals surface area contributed by atoms with Gasteiger partial charge in [-0.05, 0) is 29.7 Å². The first kappa shape index (κ1) is 7.29. The maximum atomic E-state index is 5.40. The molecule has 0 saturated heterocycles. The molecule has 1 saturated carbocycles. The smallest absolute Gasteiger partial charge is 0.138 e. The molecule has 4 nitrogen and oxygen atoms in total. The summed E-state index contributed by atoms with van der Waals surface area (Å²) in [4.78, 5) is 0. The quantitative estimate of drug-likeness (QED) is 0.607. The molecule has 0 spiro atoms. The van der Waals surface area contributed by atoms with E-state index in [1.165, 1.54) is 0 Å². The Hall–Kier alpha value is -1.37. The molecule has 1 fully saturated rings. The molecule has 1 aromatic heterocycles. The van der Waals surface area contributed by atoms with Crippen molar-refractivity contribution in [2.45, 2.75) is 25.8 Å². The van der Waals surface area contributed by atoms with Gasteiger partial charge in [0.25, 0.3) is 0 Å². The summed E-state index contributed by atoms with van der Waals surface area (Å²) in [5.41, 5.74) is 0.173. The molecule has 0 radical (unpaired) electrons. The van der Waals surface area contributed by atoms with Gasteiger partial charge in [-0.3, -0.25) is 0 Å². The zero-order chi connectivity index (χ0) is 8.44. The molecule has 1 aromatic rings. The van der Waals surface area contributed by atoms with Crippen LogP contribution in [0.4, 0.5) is 0 Å². The van der Waals surface area contributed by atoms with Crippen molar-refractivity contribution in [1.29, 1.82) is 0 Å². The first-order chi connectivity index (χ1) is 5.85. The highest BCUT2D eigenvalue weighted by molar-refractivity contribution is 5.14. The van der Waals surface area contributed by atoms with E-state index in [0.29, 0.717) is 0 Å². The van der Waals surface area contributed by atoms with Gasteiger partial charge in [-0.15, -0.1) is 11.5 Å². The van der Waals surface area contributed by atoms with Crippen molar-refractivity contribution in [3.05, 3.63) is 6.33 Å². The number of terminal acetylenes is 1. The molecule has 0 atom stereocenters. The van der Waals surface area contributed by atoms with E-state index < -0.39 is 0 Å². The predicted octanol–water partition coefficient (Wildman–Crippen LogP) is 0.477. The molecule has 0 aliphatic heterocycles. The van der Waals surface area contributed by atoms with E-state index in [2.05, 4.69) is 21.4 Å². The number of hydrogen-bond donors (Lipinski definition) is 0. The zero-order valence-corrected chi connectivity index (χ0v) is 6.77. The second-order valence-corrected chi connectivity index (χ2v) is 3.25. The standard InChI is InChI=1S/C8H10N4/c1-2-8(3-4-8)5-6-12-7-9-10-11-12/h1,7H,3-6H2. The summed E-state index contributed by atoms with van der Waals surface area (Å²) in [5, 5.41) is 10.9. The Morgan fingerprint density at radius 3 is 2.92 bits per heavy atom. The van der Waals surface area contributed by atoms with Crippen LogP contribution in [-0.4, -0.2) is 20.2 Å². The van der Waals surface area contributed by atoms with Crippen molar-refractivity contribution in [3.63, 3.8) is 0 Å². The highest BCUT2D eigenvalue weighted by Gasteiger charge is 2.40. The Kier molecular flexibility index (Phi) is 1.58. The third-order valence-electron chi connectivity index (χ3n) is 2.37. The van der Waals surface area contributed by atoms with E-state index in [1.54, 1.807) is 11.0 Å². The predicted molar refractivity (Wildman–Crippen MR) is 42.9 cm³/mol. The number of aromatic nitrogens is 4. The van der Waals surface area contributed by atoms with Crippen LogP contribution in [0.3, 0.4) is 0 Å². The molecule has 0 unspecified atom stereocenters. The number of nitrogens with zero attached hydrogens (tertiary/aromatic N) is 4. The van der Waals surface area contributed by atoms with Crippen LogP contribution in [0.25, 0.3) is 0 Å². The molecular formula is C8H10N4. The molecule has 2 rings (SSSR count). The lowest BCUT2D eigenvalue weighted by Crippen LogP contribution is -2.05. The van der Waals surface area contributed by atoms with Crippen LogP contribution >= 0.6 is 0 Å². The van der Waals surface area contributed by atoms with Gasteiger partial charge in [-0.2, -0.15) is 0 Å². The van der Waals surface area contributed by atoms with E-state index >= 15 is 0 Å². The van der Waals surface area contributed by atoms with Gasteiger partial charge >= 0.3 is 0 Å². The number of aryl methyl sites for hydroxylation is 1. The number of tetrazole rings is 1. The minimum atomic E-state index is 0.173. The van der Waals surface area contributed by atoms with Crippen LogP contribution in [0.5, 0.6) is 0 Å². The normalized spacial score (nSPS) is 18.6. The lowest BCUT2D eigenvalue weighted by atomic mass is 10.0. The van der Waals surface area contributed by atoms with Gasteiger partial charge in [0.15, 0.2) is 0 Å². The van der Waals surface area contributed by atoms with Gasteiger partial charge in [-0.1, -0.05) is 5.92 Å². The van der Waals surface area contributed by atoms with E-state index in [1.807, 2.05) is 0 Å². The Morgan fingerprint density at radius 2 is 2.42 bits per heavy atom. The van der Waals surface area contributed by atoms with Crippen molar-refractivity contribution >= 4 is 0 Å². The SMILES string of the molecule is C#CC1(CCn2cnnn2)CC1. The molecule has 0 amide bonds. The topological polar surface area (TPSA) is 43.6 Å². The van der Waals surface area contributed by atoms with E-state index in [0.717, 1.165) is 25.8 Å². The minimum absolute atomic E-state index is 0.173. The minimum Gasteiger partial charge on any atom is -0.232 e. The Labute approximate surface area is 71.0 Å². The number of rotatable bonds is 3. The van der Waals surface area contributed by atoms with Gasteiger partial charge in [-0.25, -0.2) is 4.68 Å². The van der Waals surface area contributed by atoms with Gasteiger partial charge in [0.1, 0.15) is 6.33 Å². The molecule has 1 aliphatic carbocycles. The summed E-state index contributed by atoms with van der Waals surface area (Å²) >= 11 is 0. The van der Waals surface area contributed by atoms with Crippen LogP contribution in [0, 0.1) is 17.8 Å².